The maximum atomic E-state index is 13.2. The molecule has 0 radical (unpaired) electrons. The molecule has 2 aliphatic rings. The van der Waals surface area contributed by atoms with E-state index in [1.165, 1.54) is 22.9 Å². The predicted molar refractivity (Wildman–Crippen MR) is 115 cm³/mol. The van der Waals surface area contributed by atoms with Gasteiger partial charge in [-0.05, 0) is 25.8 Å². The summed E-state index contributed by atoms with van der Waals surface area (Å²) in [5, 5.41) is 16.5. The van der Waals surface area contributed by atoms with Gasteiger partial charge in [0.2, 0.25) is 10.0 Å². The molecule has 1 aliphatic carbocycles. The Morgan fingerprint density at radius 3 is 2.82 bits per heavy atom. The third-order valence-corrected chi connectivity index (χ3v) is 8.05. The van der Waals surface area contributed by atoms with Gasteiger partial charge in [-0.1, -0.05) is 11.3 Å². The second-order valence-corrected chi connectivity index (χ2v) is 10.8. The lowest BCUT2D eigenvalue weighted by atomic mass is 10.2. The summed E-state index contributed by atoms with van der Waals surface area (Å²) >= 11 is 0.718. The molecule has 10 nitrogen and oxygen atoms in total. The number of imidazole rings is 1. The van der Waals surface area contributed by atoms with Crippen LogP contribution in [0.4, 0.5) is 14.5 Å². The first-order valence-electron chi connectivity index (χ1n) is 10.2. The van der Waals surface area contributed by atoms with Crippen LogP contribution in [0, 0.1) is 11.3 Å². The summed E-state index contributed by atoms with van der Waals surface area (Å²) in [4.78, 5) is 6.35. The largest absolute Gasteiger partial charge is 0.375 e. The van der Waals surface area contributed by atoms with E-state index < -0.39 is 27.0 Å². The highest BCUT2D eigenvalue weighted by Gasteiger charge is 2.47. The summed E-state index contributed by atoms with van der Waals surface area (Å²) in [6, 6.07) is 3.54. The molecular formula is C19H19F2N7O3S2. The van der Waals surface area contributed by atoms with Crippen LogP contribution in [0.15, 0.2) is 23.4 Å². The van der Waals surface area contributed by atoms with E-state index in [4.69, 9.17) is 4.74 Å². The molecule has 5 rings (SSSR count). The topological polar surface area (TPSA) is 126 Å². The van der Waals surface area contributed by atoms with Gasteiger partial charge in [-0.25, -0.2) is 22.2 Å². The molecule has 1 saturated heterocycles. The second-order valence-electron chi connectivity index (χ2n) is 8.07. The Morgan fingerprint density at radius 1 is 1.39 bits per heavy atom. The summed E-state index contributed by atoms with van der Waals surface area (Å²) in [7, 11) is -4.05. The van der Waals surface area contributed by atoms with Crippen molar-refractivity contribution in [1.29, 1.82) is 5.26 Å². The number of ether oxygens (including phenoxy) is 1. The molecule has 0 spiro atoms. The average Bonchev–Trinajstić information content (AvgIpc) is 3.18. The lowest BCUT2D eigenvalue weighted by Crippen LogP contribution is -2.41. The highest BCUT2D eigenvalue weighted by Crippen LogP contribution is 2.37. The molecule has 0 aromatic carbocycles. The Kier molecular flexibility index (Phi) is 5.31. The van der Waals surface area contributed by atoms with Crippen molar-refractivity contribution in [3.8, 4) is 16.8 Å². The van der Waals surface area contributed by atoms with Crippen LogP contribution in [0.2, 0.25) is 0 Å². The van der Waals surface area contributed by atoms with E-state index in [9.17, 15) is 22.5 Å². The normalized spacial score (nSPS) is 20.3. The maximum Gasteiger partial charge on any atom is 0.291 e. The number of alkyl halides is 2. The number of aromatic nitrogens is 4. The summed E-state index contributed by atoms with van der Waals surface area (Å²) < 4.78 is 62.1. The Balaban J connectivity index is 1.66. The summed E-state index contributed by atoms with van der Waals surface area (Å²) in [5.41, 5.74) is 0.258. The van der Waals surface area contributed by atoms with Gasteiger partial charge >= 0.3 is 0 Å². The minimum absolute atomic E-state index is 0.0662. The summed E-state index contributed by atoms with van der Waals surface area (Å²) in [6.07, 6.45) is 0.870. The number of fused-ring (bicyclic) bond motifs is 1. The van der Waals surface area contributed by atoms with Gasteiger partial charge in [-0.3, -0.25) is 4.40 Å². The molecule has 33 heavy (non-hydrogen) atoms. The molecule has 14 heteroatoms. The first-order valence-corrected chi connectivity index (χ1v) is 12.5. The molecular weight excluding hydrogens is 476 g/mol. The van der Waals surface area contributed by atoms with Crippen LogP contribution in [-0.2, 0) is 14.8 Å². The fraction of sp³-hybridized carbons (Fsp3) is 0.474. The van der Waals surface area contributed by atoms with Crippen LogP contribution in [0.5, 0.6) is 0 Å². The highest BCUT2D eigenvalue weighted by atomic mass is 32.2. The molecule has 1 atom stereocenters. The minimum atomic E-state index is -4.05. The van der Waals surface area contributed by atoms with Gasteiger partial charge in [0.05, 0.1) is 30.7 Å². The Morgan fingerprint density at radius 2 is 2.18 bits per heavy atom. The molecule has 1 N–H and O–H groups in total. The SMILES string of the molecule is C[C@@H]1CN(c2cc(S(=O)(=O)NC3(C#N)CC3)cn3c(-c4nnc(C(F)F)s4)cnc23)CCO1. The zero-order valence-corrected chi connectivity index (χ0v) is 19.0. The number of hydrogen-bond donors (Lipinski definition) is 1. The molecule has 0 unspecified atom stereocenters. The fourth-order valence-corrected chi connectivity index (χ4v) is 5.82. The minimum Gasteiger partial charge on any atom is -0.375 e. The van der Waals surface area contributed by atoms with Crippen molar-refractivity contribution in [2.75, 3.05) is 24.6 Å². The van der Waals surface area contributed by atoms with Crippen LogP contribution in [0.1, 0.15) is 31.2 Å². The van der Waals surface area contributed by atoms with Gasteiger partial charge in [-0.2, -0.15) is 9.98 Å². The fourth-order valence-electron chi connectivity index (χ4n) is 3.72. The molecule has 4 heterocycles. The van der Waals surface area contributed by atoms with Crippen molar-refractivity contribution < 1.29 is 21.9 Å². The lowest BCUT2D eigenvalue weighted by Gasteiger charge is -2.33. The number of rotatable bonds is 6. The number of pyridine rings is 1. The highest BCUT2D eigenvalue weighted by molar-refractivity contribution is 7.89. The molecule has 2 fully saturated rings. The van der Waals surface area contributed by atoms with Gasteiger partial charge in [0.15, 0.2) is 15.7 Å². The average molecular weight is 496 g/mol. The van der Waals surface area contributed by atoms with Crippen molar-refractivity contribution in [2.24, 2.45) is 0 Å². The van der Waals surface area contributed by atoms with Crippen LogP contribution in [-0.4, -0.2) is 59.3 Å². The van der Waals surface area contributed by atoms with Gasteiger partial charge in [0.1, 0.15) is 16.1 Å². The lowest BCUT2D eigenvalue weighted by molar-refractivity contribution is 0.0533. The van der Waals surface area contributed by atoms with Crippen molar-refractivity contribution in [3.63, 3.8) is 0 Å². The van der Waals surface area contributed by atoms with Crippen LogP contribution < -0.4 is 9.62 Å². The third-order valence-electron chi connectivity index (χ3n) is 5.59. The van der Waals surface area contributed by atoms with Crippen LogP contribution >= 0.6 is 11.3 Å². The zero-order valence-electron chi connectivity index (χ0n) is 17.4. The second kappa shape index (κ2) is 7.94. The number of anilines is 1. The van der Waals surface area contributed by atoms with Gasteiger partial charge in [0, 0.05) is 19.3 Å². The van der Waals surface area contributed by atoms with E-state index in [0.717, 1.165) is 11.3 Å². The van der Waals surface area contributed by atoms with Crippen LogP contribution in [0.3, 0.4) is 0 Å². The Hall–Kier alpha value is -2.73. The summed E-state index contributed by atoms with van der Waals surface area (Å²) in [5.74, 6) is 0. The molecule has 174 valence electrons. The quantitative estimate of drug-likeness (QED) is 0.552. The van der Waals surface area contributed by atoms with Gasteiger partial charge in [0.25, 0.3) is 6.43 Å². The molecule has 1 saturated carbocycles. The van der Waals surface area contributed by atoms with E-state index >= 15 is 0 Å². The van der Waals surface area contributed by atoms with E-state index in [2.05, 4.69) is 19.9 Å². The molecule has 0 bridgehead atoms. The van der Waals surface area contributed by atoms with E-state index in [0.29, 0.717) is 49.6 Å². The standard InChI is InChI=1S/C19H19F2N7O3S2/c1-11-8-27(4-5-31-11)13-6-12(33(29,30)26-19(10-22)2-3-19)9-28-14(7-23-16(13)28)17-24-25-18(32-17)15(20)21/h6-7,9,11,15,26H,2-5,8H2,1H3/t11-/m1/s1. The van der Waals surface area contributed by atoms with E-state index in [1.807, 2.05) is 17.9 Å². The number of nitriles is 1. The third kappa shape index (κ3) is 4.05. The zero-order chi connectivity index (χ0) is 23.4. The van der Waals surface area contributed by atoms with E-state index in [1.54, 1.807) is 0 Å². The van der Waals surface area contributed by atoms with E-state index in [-0.39, 0.29) is 16.0 Å². The van der Waals surface area contributed by atoms with Crippen LogP contribution in [0.25, 0.3) is 16.3 Å². The van der Waals surface area contributed by atoms with Gasteiger partial charge < -0.3 is 9.64 Å². The smallest absolute Gasteiger partial charge is 0.291 e. The monoisotopic (exact) mass is 495 g/mol. The molecule has 0 amide bonds. The molecule has 1 aliphatic heterocycles. The Labute approximate surface area is 191 Å². The number of sulfonamides is 1. The van der Waals surface area contributed by atoms with Gasteiger partial charge in [-0.15, -0.1) is 10.2 Å². The predicted octanol–water partition coefficient (Wildman–Crippen LogP) is 2.35. The first-order chi connectivity index (χ1) is 15.7. The van der Waals surface area contributed by atoms with Crippen molar-refractivity contribution in [2.45, 2.75) is 42.7 Å². The van der Waals surface area contributed by atoms with Crippen molar-refractivity contribution in [1.82, 2.24) is 24.3 Å². The first kappa shape index (κ1) is 22.1. The number of halogens is 2. The molecule has 3 aromatic heterocycles. The number of hydrogen-bond acceptors (Lipinski definition) is 9. The van der Waals surface area contributed by atoms with Crippen molar-refractivity contribution >= 4 is 32.7 Å². The number of morpholine rings is 1. The molecule has 3 aromatic rings. The van der Waals surface area contributed by atoms with Crippen molar-refractivity contribution in [3.05, 3.63) is 23.5 Å². The summed E-state index contributed by atoms with van der Waals surface area (Å²) in [6.45, 7) is 3.42. The number of nitrogens with one attached hydrogen (secondary N) is 1. The maximum absolute atomic E-state index is 13.2. The Bertz CT molecular complexity index is 1360. The number of nitrogens with zero attached hydrogens (tertiary/aromatic N) is 6.